The Kier molecular flexibility index (Phi) is 2.53. The van der Waals surface area contributed by atoms with Crippen LogP contribution in [0.5, 0.6) is 5.75 Å². The van der Waals surface area contributed by atoms with Crippen molar-refractivity contribution in [2.24, 2.45) is 0 Å². The first-order valence-corrected chi connectivity index (χ1v) is 5.84. The van der Waals surface area contributed by atoms with E-state index >= 15 is 0 Å². The summed E-state index contributed by atoms with van der Waals surface area (Å²) < 4.78 is 5.42. The molecule has 0 fully saturated rings. The highest BCUT2D eigenvalue weighted by Gasteiger charge is 2.22. The lowest BCUT2D eigenvalue weighted by Gasteiger charge is -2.22. The van der Waals surface area contributed by atoms with Gasteiger partial charge >= 0.3 is 0 Å². The Bertz CT molecular complexity index is 548. The minimum Gasteiger partial charge on any atom is -0.496 e. The van der Waals surface area contributed by atoms with Gasteiger partial charge in [-0.15, -0.1) is 0 Å². The minimum atomic E-state index is 0.145. The van der Waals surface area contributed by atoms with Crippen molar-refractivity contribution >= 4 is 10.9 Å². The zero-order valence-corrected chi connectivity index (χ0v) is 9.79. The van der Waals surface area contributed by atoms with Crippen molar-refractivity contribution < 1.29 is 9.84 Å². The average Bonchev–Trinajstić information content (AvgIpc) is 2.75. The predicted molar refractivity (Wildman–Crippen MR) is 66.3 cm³/mol. The topological polar surface area (TPSA) is 57.3 Å². The number of methoxy groups -OCH3 is 1. The van der Waals surface area contributed by atoms with Crippen molar-refractivity contribution in [2.75, 3.05) is 13.7 Å². The van der Waals surface area contributed by atoms with Crippen LogP contribution in [0.4, 0.5) is 0 Å². The molecule has 1 aliphatic rings. The number of hydrogen-bond donors (Lipinski definition) is 3. The molecule has 0 aliphatic carbocycles. The molecule has 0 spiro atoms. The second-order valence-electron chi connectivity index (χ2n) is 4.43. The summed E-state index contributed by atoms with van der Waals surface area (Å²) in [6.45, 7) is 0.944. The molecule has 0 bridgehead atoms. The number of benzene rings is 1. The van der Waals surface area contributed by atoms with Gasteiger partial charge in [-0.25, -0.2) is 0 Å². The van der Waals surface area contributed by atoms with E-state index in [0.717, 1.165) is 29.6 Å². The summed E-state index contributed by atoms with van der Waals surface area (Å²) >= 11 is 0. The monoisotopic (exact) mass is 232 g/mol. The van der Waals surface area contributed by atoms with Crippen molar-refractivity contribution in [1.82, 2.24) is 10.3 Å². The summed E-state index contributed by atoms with van der Waals surface area (Å²) in [5.41, 5.74) is 3.58. The lowest BCUT2D eigenvalue weighted by Crippen LogP contribution is -2.38. The van der Waals surface area contributed by atoms with E-state index in [4.69, 9.17) is 4.74 Å². The predicted octanol–water partition coefficient (Wildman–Crippen LogP) is 1.18. The number of aliphatic hydroxyl groups excluding tert-OH is 1. The molecular formula is C13H16N2O2. The van der Waals surface area contributed by atoms with E-state index in [9.17, 15) is 5.11 Å². The number of rotatable bonds is 2. The first-order chi connectivity index (χ1) is 8.33. The van der Waals surface area contributed by atoms with Gasteiger partial charge in [-0.3, -0.25) is 0 Å². The van der Waals surface area contributed by atoms with E-state index in [1.54, 1.807) is 7.11 Å². The lowest BCUT2D eigenvalue weighted by atomic mass is 9.98. The van der Waals surface area contributed by atoms with Gasteiger partial charge in [0.2, 0.25) is 0 Å². The number of nitrogens with one attached hydrogen (secondary N) is 2. The van der Waals surface area contributed by atoms with Crippen LogP contribution in [-0.4, -0.2) is 29.8 Å². The molecule has 1 aromatic heterocycles. The molecule has 1 aliphatic heterocycles. The second-order valence-corrected chi connectivity index (χ2v) is 4.43. The molecule has 3 rings (SSSR count). The van der Waals surface area contributed by atoms with Crippen LogP contribution in [0, 0.1) is 0 Å². The third-order valence-corrected chi connectivity index (χ3v) is 3.44. The van der Waals surface area contributed by atoms with Crippen LogP contribution in [0.15, 0.2) is 18.2 Å². The van der Waals surface area contributed by atoms with Crippen molar-refractivity contribution in [3.05, 3.63) is 29.5 Å². The van der Waals surface area contributed by atoms with E-state index in [1.165, 1.54) is 11.3 Å². The summed E-state index contributed by atoms with van der Waals surface area (Å²) in [6, 6.07) is 6.17. The molecule has 0 saturated heterocycles. The van der Waals surface area contributed by atoms with Crippen LogP contribution in [0.3, 0.4) is 0 Å². The standard InChI is InChI=1S/C13H16N2O2/c1-17-12-4-2-3-10-13(12)9-5-8(7-16)14-6-11(9)15-10/h2-4,8,14-16H,5-7H2,1H3. The number of ether oxygens (including phenoxy) is 1. The molecule has 1 aromatic carbocycles. The normalized spacial score (nSPS) is 19.3. The zero-order chi connectivity index (χ0) is 11.8. The highest BCUT2D eigenvalue weighted by atomic mass is 16.5. The zero-order valence-electron chi connectivity index (χ0n) is 9.79. The Morgan fingerprint density at radius 2 is 2.35 bits per heavy atom. The Balaban J connectivity index is 2.19. The Labute approximate surface area is 99.6 Å². The summed E-state index contributed by atoms with van der Waals surface area (Å²) in [5, 5.41) is 13.7. The van der Waals surface area contributed by atoms with E-state index in [2.05, 4.69) is 16.4 Å². The number of aliphatic hydroxyl groups is 1. The summed E-state index contributed by atoms with van der Waals surface area (Å²) in [7, 11) is 1.69. The molecule has 90 valence electrons. The van der Waals surface area contributed by atoms with Gasteiger partial charge in [-0.2, -0.15) is 0 Å². The summed E-state index contributed by atoms with van der Waals surface area (Å²) in [4.78, 5) is 3.41. The van der Waals surface area contributed by atoms with Gasteiger partial charge in [0.05, 0.1) is 13.7 Å². The number of aromatic amines is 1. The van der Waals surface area contributed by atoms with Crippen LogP contribution in [0.2, 0.25) is 0 Å². The molecule has 2 aromatic rings. The largest absolute Gasteiger partial charge is 0.496 e. The average molecular weight is 232 g/mol. The minimum absolute atomic E-state index is 0.145. The fraction of sp³-hybridized carbons (Fsp3) is 0.385. The third-order valence-electron chi connectivity index (χ3n) is 3.44. The van der Waals surface area contributed by atoms with Crippen LogP contribution in [-0.2, 0) is 13.0 Å². The quantitative estimate of drug-likeness (QED) is 0.729. The van der Waals surface area contributed by atoms with E-state index < -0.39 is 0 Å². The van der Waals surface area contributed by atoms with Crippen LogP contribution in [0.1, 0.15) is 11.3 Å². The Morgan fingerprint density at radius 1 is 1.47 bits per heavy atom. The van der Waals surface area contributed by atoms with Crippen molar-refractivity contribution in [3.8, 4) is 5.75 Å². The smallest absolute Gasteiger partial charge is 0.128 e. The van der Waals surface area contributed by atoms with Crippen LogP contribution in [0.25, 0.3) is 10.9 Å². The lowest BCUT2D eigenvalue weighted by molar-refractivity contribution is 0.235. The highest BCUT2D eigenvalue weighted by molar-refractivity contribution is 5.90. The number of H-pyrrole nitrogens is 1. The molecular weight excluding hydrogens is 216 g/mol. The first kappa shape index (κ1) is 10.6. The highest BCUT2D eigenvalue weighted by Crippen LogP contribution is 2.33. The maximum atomic E-state index is 9.25. The van der Waals surface area contributed by atoms with Gasteiger partial charge in [0.25, 0.3) is 0 Å². The Morgan fingerprint density at radius 3 is 3.12 bits per heavy atom. The maximum Gasteiger partial charge on any atom is 0.128 e. The summed E-state index contributed by atoms with van der Waals surface area (Å²) in [5.74, 6) is 0.901. The molecule has 2 heterocycles. The molecule has 0 radical (unpaired) electrons. The molecule has 4 nitrogen and oxygen atoms in total. The number of aromatic nitrogens is 1. The van der Waals surface area contributed by atoms with Gasteiger partial charge in [-0.1, -0.05) is 6.07 Å². The molecule has 17 heavy (non-hydrogen) atoms. The van der Waals surface area contributed by atoms with Gasteiger partial charge < -0.3 is 20.1 Å². The molecule has 1 unspecified atom stereocenters. The summed E-state index contributed by atoms with van der Waals surface area (Å²) in [6.07, 6.45) is 0.839. The molecule has 4 heteroatoms. The van der Waals surface area contributed by atoms with E-state index in [1.807, 2.05) is 12.1 Å². The molecule has 0 amide bonds. The van der Waals surface area contributed by atoms with Crippen molar-refractivity contribution in [3.63, 3.8) is 0 Å². The molecule has 0 saturated carbocycles. The SMILES string of the molecule is COc1cccc2[nH]c3c(c12)CC(CO)NC3. The van der Waals surface area contributed by atoms with Crippen LogP contribution < -0.4 is 10.1 Å². The van der Waals surface area contributed by atoms with E-state index in [0.29, 0.717) is 0 Å². The van der Waals surface area contributed by atoms with E-state index in [-0.39, 0.29) is 12.6 Å². The van der Waals surface area contributed by atoms with Crippen molar-refractivity contribution in [1.29, 1.82) is 0 Å². The molecule has 3 N–H and O–H groups in total. The van der Waals surface area contributed by atoms with Crippen LogP contribution >= 0.6 is 0 Å². The second kappa shape index (κ2) is 4.05. The Hall–Kier alpha value is -1.52. The number of hydrogen-bond acceptors (Lipinski definition) is 3. The number of fused-ring (bicyclic) bond motifs is 3. The maximum absolute atomic E-state index is 9.25. The van der Waals surface area contributed by atoms with Crippen molar-refractivity contribution in [2.45, 2.75) is 19.0 Å². The fourth-order valence-corrected chi connectivity index (χ4v) is 2.58. The third kappa shape index (κ3) is 1.61. The van der Waals surface area contributed by atoms with Gasteiger partial charge in [0.1, 0.15) is 5.75 Å². The fourth-order valence-electron chi connectivity index (χ4n) is 2.58. The first-order valence-electron chi connectivity index (χ1n) is 5.84. The molecule has 1 atom stereocenters. The van der Waals surface area contributed by atoms with Gasteiger partial charge in [-0.05, 0) is 24.1 Å². The van der Waals surface area contributed by atoms with Gasteiger partial charge in [0.15, 0.2) is 0 Å². The van der Waals surface area contributed by atoms with Gasteiger partial charge in [0, 0.05) is 29.2 Å².